The Bertz CT molecular complexity index is 227. The largest absolute Gasteiger partial charge is 0.365 e. The molecule has 1 aliphatic carbocycles. The second-order valence-corrected chi connectivity index (χ2v) is 2.98. The van der Waals surface area contributed by atoms with E-state index in [4.69, 9.17) is 5.73 Å². The first-order valence-corrected chi connectivity index (χ1v) is 3.77. The maximum atomic E-state index is 5.79. The maximum Gasteiger partial charge on any atom is 0.0180 e. The Morgan fingerprint density at radius 3 is 3.40 bits per heavy atom. The van der Waals surface area contributed by atoms with E-state index >= 15 is 0 Å². The zero-order valence-electron chi connectivity index (χ0n) is 5.93. The molecule has 2 heteroatoms. The highest BCUT2D eigenvalue weighted by Gasteiger charge is 2.14. The fraction of sp³-hybridized carbons (Fsp3) is 0.500. The Kier molecular flexibility index (Phi) is 1.27. The zero-order chi connectivity index (χ0) is 6.97. The Labute approximate surface area is 60.4 Å². The third kappa shape index (κ3) is 0.847. The fourth-order valence-electron chi connectivity index (χ4n) is 1.57. The van der Waals surface area contributed by atoms with Crippen molar-refractivity contribution in [2.45, 2.75) is 25.3 Å². The van der Waals surface area contributed by atoms with Crippen LogP contribution in [0.5, 0.6) is 0 Å². The lowest BCUT2D eigenvalue weighted by Crippen LogP contribution is -2.27. The second-order valence-electron chi connectivity index (χ2n) is 2.98. The molecule has 2 nitrogen and oxygen atoms in total. The molecule has 1 atom stereocenters. The summed E-state index contributed by atoms with van der Waals surface area (Å²) in [6, 6.07) is 2.53. The van der Waals surface area contributed by atoms with E-state index in [-0.39, 0.29) is 0 Å². The summed E-state index contributed by atoms with van der Waals surface area (Å²) in [6.07, 6.45) is 5.32. The van der Waals surface area contributed by atoms with E-state index in [1.165, 1.54) is 11.3 Å². The van der Waals surface area contributed by atoms with Gasteiger partial charge in [0.25, 0.3) is 0 Å². The summed E-state index contributed by atoms with van der Waals surface area (Å²) < 4.78 is 0. The minimum Gasteiger partial charge on any atom is -0.365 e. The summed E-state index contributed by atoms with van der Waals surface area (Å²) in [5, 5.41) is 0. The molecule has 3 N–H and O–H groups in total. The van der Waals surface area contributed by atoms with Crippen LogP contribution in [0, 0.1) is 0 Å². The quantitative estimate of drug-likeness (QED) is 0.545. The van der Waals surface area contributed by atoms with Crippen LogP contribution in [0.15, 0.2) is 12.3 Å². The van der Waals surface area contributed by atoms with Gasteiger partial charge in [0.1, 0.15) is 0 Å². The molecule has 1 aromatic heterocycles. The van der Waals surface area contributed by atoms with Gasteiger partial charge in [0, 0.05) is 17.9 Å². The molecule has 0 saturated carbocycles. The molecule has 0 saturated heterocycles. The van der Waals surface area contributed by atoms with Gasteiger partial charge in [-0.05, 0) is 30.9 Å². The van der Waals surface area contributed by atoms with Crippen LogP contribution in [0.4, 0.5) is 0 Å². The third-order valence-electron chi connectivity index (χ3n) is 2.18. The molecule has 0 aromatic carbocycles. The van der Waals surface area contributed by atoms with Crippen molar-refractivity contribution in [3.8, 4) is 0 Å². The standard InChI is InChI=1S/C8H12N2/c9-7-1-2-8-6(5-7)3-4-10-8/h3-4,7,10H,1-2,5,9H2/t7-/m1/s1. The van der Waals surface area contributed by atoms with Gasteiger partial charge in [0.15, 0.2) is 0 Å². The van der Waals surface area contributed by atoms with E-state index in [0.29, 0.717) is 6.04 Å². The normalized spacial score (nSPS) is 24.3. The number of nitrogens with one attached hydrogen (secondary N) is 1. The van der Waals surface area contributed by atoms with E-state index in [1.54, 1.807) is 0 Å². The molecule has 54 valence electrons. The molecule has 0 spiro atoms. The number of nitrogens with two attached hydrogens (primary N) is 1. The van der Waals surface area contributed by atoms with Gasteiger partial charge >= 0.3 is 0 Å². The van der Waals surface area contributed by atoms with Crippen molar-refractivity contribution in [3.05, 3.63) is 23.5 Å². The predicted octanol–water partition coefficient (Wildman–Crippen LogP) is 0.831. The molecule has 0 amide bonds. The predicted molar refractivity (Wildman–Crippen MR) is 40.8 cm³/mol. The molecular weight excluding hydrogens is 124 g/mol. The van der Waals surface area contributed by atoms with Gasteiger partial charge in [-0.25, -0.2) is 0 Å². The van der Waals surface area contributed by atoms with Crippen molar-refractivity contribution < 1.29 is 0 Å². The van der Waals surface area contributed by atoms with Crippen LogP contribution in [0.1, 0.15) is 17.7 Å². The maximum absolute atomic E-state index is 5.79. The summed E-state index contributed by atoms with van der Waals surface area (Å²) in [5.41, 5.74) is 8.60. The van der Waals surface area contributed by atoms with Crippen molar-refractivity contribution in [1.29, 1.82) is 0 Å². The van der Waals surface area contributed by atoms with Crippen LogP contribution in [-0.2, 0) is 12.8 Å². The van der Waals surface area contributed by atoms with E-state index in [1.807, 2.05) is 6.20 Å². The molecule has 0 aliphatic heterocycles. The molecule has 0 radical (unpaired) electrons. The van der Waals surface area contributed by atoms with Gasteiger partial charge in [0.05, 0.1) is 0 Å². The number of hydrogen-bond acceptors (Lipinski definition) is 1. The van der Waals surface area contributed by atoms with Gasteiger partial charge in [-0.1, -0.05) is 0 Å². The minimum atomic E-state index is 0.392. The third-order valence-corrected chi connectivity index (χ3v) is 2.18. The molecule has 2 rings (SSSR count). The van der Waals surface area contributed by atoms with Crippen molar-refractivity contribution >= 4 is 0 Å². The van der Waals surface area contributed by atoms with Crippen LogP contribution in [0.2, 0.25) is 0 Å². The monoisotopic (exact) mass is 136 g/mol. The van der Waals surface area contributed by atoms with Crippen LogP contribution >= 0.6 is 0 Å². The molecule has 1 aromatic rings. The lowest BCUT2D eigenvalue weighted by atomic mass is 9.94. The second kappa shape index (κ2) is 2.13. The smallest absolute Gasteiger partial charge is 0.0180 e. The number of H-pyrrole nitrogens is 1. The van der Waals surface area contributed by atoms with Crippen LogP contribution < -0.4 is 5.73 Å². The summed E-state index contributed by atoms with van der Waals surface area (Å²) in [6.45, 7) is 0. The van der Waals surface area contributed by atoms with Crippen LogP contribution in [0.25, 0.3) is 0 Å². The van der Waals surface area contributed by atoms with E-state index in [9.17, 15) is 0 Å². The highest BCUT2D eigenvalue weighted by atomic mass is 14.7. The first-order chi connectivity index (χ1) is 4.86. The average molecular weight is 136 g/mol. The van der Waals surface area contributed by atoms with Gasteiger partial charge in [-0.2, -0.15) is 0 Å². The molecule has 0 fully saturated rings. The number of hydrogen-bond donors (Lipinski definition) is 2. The highest BCUT2D eigenvalue weighted by molar-refractivity contribution is 5.24. The lowest BCUT2D eigenvalue weighted by molar-refractivity contribution is 0.572. The SMILES string of the molecule is N[C@@H]1CCc2[nH]ccc2C1. The number of aromatic nitrogens is 1. The molecule has 1 heterocycles. The first kappa shape index (κ1) is 5.98. The van der Waals surface area contributed by atoms with E-state index in [0.717, 1.165) is 19.3 Å². The van der Waals surface area contributed by atoms with Crippen molar-refractivity contribution in [2.24, 2.45) is 5.73 Å². The van der Waals surface area contributed by atoms with Gasteiger partial charge < -0.3 is 10.7 Å². The highest BCUT2D eigenvalue weighted by Crippen LogP contribution is 2.18. The molecule has 1 aliphatic rings. The van der Waals surface area contributed by atoms with Crippen molar-refractivity contribution in [1.82, 2.24) is 4.98 Å². The number of fused-ring (bicyclic) bond motifs is 1. The molecule has 0 unspecified atom stereocenters. The zero-order valence-corrected chi connectivity index (χ0v) is 5.93. The Morgan fingerprint density at radius 2 is 2.50 bits per heavy atom. The Hall–Kier alpha value is -0.760. The number of rotatable bonds is 0. The first-order valence-electron chi connectivity index (χ1n) is 3.77. The summed E-state index contributed by atoms with van der Waals surface area (Å²) >= 11 is 0. The summed E-state index contributed by atoms with van der Waals surface area (Å²) in [5.74, 6) is 0. The average Bonchev–Trinajstić information content (AvgIpc) is 2.33. The molecule has 10 heavy (non-hydrogen) atoms. The van der Waals surface area contributed by atoms with Gasteiger partial charge in [-0.3, -0.25) is 0 Å². The Morgan fingerprint density at radius 1 is 1.60 bits per heavy atom. The van der Waals surface area contributed by atoms with Crippen LogP contribution in [0.3, 0.4) is 0 Å². The fourth-order valence-corrected chi connectivity index (χ4v) is 1.57. The number of aryl methyl sites for hydroxylation is 1. The van der Waals surface area contributed by atoms with Crippen LogP contribution in [-0.4, -0.2) is 11.0 Å². The van der Waals surface area contributed by atoms with E-state index in [2.05, 4.69) is 11.1 Å². The van der Waals surface area contributed by atoms with Gasteiger partial charge in [-0.15, -0.1) is 0 Å². The Balaban J connectivity index is 2.30. The molecular formula is C8H12N2. The summed E-state index contributed by atoms with van der Waals surface area (Å²) in [4.78, 5) is 3.22. The van der Waals surface area contributed by atoms with Gasteiger partial charge in [0.2, 0.25) is 0 Å². The van der Waals surface area contributed by atoms with Crippen molar-refractivity contribution in [2.75, 3.05) is 0 Å². The van der Waals surface area contributed by atoms with E-state index < -0.39 is 0 Å². The topological polar surface area (TPSA) is 41.8 Å². The lowest BCUT2D eigenvalue weighted by Gasteiger charge is -2.17. The molecule has 0 bridgehead atoms. The minimum absolute atomic E-state index is 0.392. The summed E-state index contributed by atoms with van der Waals surface area (Å²) in [7, 11) is 0. The van der Waals surface area contributed by atoms with Crippen molar-refractivity contribution in [3.63, 3.8) is 0 Å². The number of aromatic amines is 1.